The molecule has 0 saturated heterocycles. The van der Waals surface area contributed by atoms with E-state index in [-0.39, 0.29) is 18.4 Å². The number of rotatable bonds is 7. The lowest BCUT2D eigenvalue weighted by atomic mass is 9.92. The molecule has 3 rings (SSSR count). The molecule has 0 saturated carbocycles. The predicted octanol–water partition coefficient (Wildman–Crippen LogP) is 2.57. The van der Waals surface area contributed by atoms with E-state index < -0.39 is 26.3 Å². The summed E-state index contributed by atoms with van der Waals surface area (Å²) in [7, 11) is -4.31. The molecule has 158 valence electrons. The summed E-state index contributed by atoms with van der Waals surface area (Å²) in [5, 5.41) is 30.7. The number of dihydropyridines is 1. The number of fused-ring (bicyclic) bond motifs is 1. The van der Waals surface area contributed by atoms with Gasteiger partial charge in [0, 0.05) is 33.5 Å². The van der Waals surface area contributed by atoms with Gasteiger partial charge in [0.05, 0.1) is 12.2 Å². The van der Waals surface area contributed by atoms with Crippen LogP contribution in [0.4, 0.5) is 0 Å². The Bertz CT molecular complexity index is 988. The second-order valence-corrected chi connectivity index (χ2v) is 10.4. The van der Waals surface area contributed by atoms with Gasteiger partial charge in [0.1, 0.15) is 5.75 Å². The van der Waals surface area contributed by atoms with Gasteiger partial charge in [0.2, 0.25) is 10.0 Å². The summed E-state index contributed by atoms with van der Waals surface area (Å²) in [6, 6.07) is 6.68. The van der Waals surface area contributed by atoms with Crippen LogP contribution in [-0.2, 0) is 10.0 Å². The second kappa shape index (κ2) is 8.33. The maximum atomic E-state index is 12.8. The number of allylic oxidation sites excluding steroid dienone is 1. The topological polar surface area (TPSA) is 122 Å². The van der Waals surface area contributed by atoms with Crippen molar-refractivity contribution < 1.29 is 23.4 Å². The number of hydrogen-bond acceptors (Lipinski definition) is 7. The SMILES string of the molecule is CCC(O)C1=C2C(Oc3ccc(Cl)cc3)=CNC=C2SC1(C(O)CC)S(N)(=O)=O. The molecule has 3 unspecified atom stereocenters. The predicted molar refractivity (Wildman–Crippen MR) is 114 cm³/mol. The fraction of sp³-hybridized carbons (Fsp3) is 0.368. The van der Waals surface area contributed by atoms with E-state index in [4.69, 9.17) is 21.5 Å². The molecular weight excluding hydrogens is 436 g/mol. The molecular formula is C19H23ClN2O5S2. The summed E-state index contributed by atoms with van der Waals surface area (Å²) in [6.45, 7) is 3.38. The number of ether oxygens (including phenoxy) is 1. The Balaban J connectivity index is 2.21. The van der Waals surface area contributed by atoms with Crippen molar-refractivity contribution in [3.8, 4) is 5.75 Å². The molecule has 3 atom stereocenters. The highest BCUT2D eigenvalue weighted by atomic mass is 35.5. The Hall–Kier alpha value is -1.49. The molecule has 0 fully saturated rings. The second-order valence-electron chi connectivity index (χ2n) is 6.69. The number of sulfonamides is 1. The maximum Gasteiger partial charge on any atom is 0.231 e. The van der Waals surface area contributed by atoms with Crippen molar-refractivity contribution in [1.82, 2.24) is 5.32 Å². The van der Waals surface area contributed by atoms with Crippen molar-refractivity contribution in [3.05, 3.63) is 63.5 Å². The van der Waals surface area contributed by atoms with Crippen LogP contribution in [0, 0.1) is 0 Å². The Labute approximate surface area is 179 Å². The standard InChI is InChI=1S/C19H23ClN2O5S2/c1-3-13(23)18-17-14(27-12-7-5-11(20)6-8-12)9-22-10-15(17)28-19(18,16(24)4-2)29(21,25)26/h5-10,13,16,22-24H,3-4H2,1-2H3,(H2,21,25,26). The third-order valence-electron chi connectivity index (χ3n) is 4.84. The number of nitrogens with one attached hydrogen (secondary N) is 1. The van der Waals surface area contributed by atoms with E-state index in [0.717, 1.165) is 11.8 Å². The number of aliphatic hydroxyl groups excluding tert-OH is 2. The van der Waals surface area contributed by atoms with Crippen molar-refractivity contribution in [2.45, 2.75) is 43.0 Å². The van der Waals surface area contributed by atoms with Gasteiger partial charge in [-0.3, -0.25) is 0 Å². The van der Waals surface area contributed by atoms with Crippen LogP contribution in [0.3, 0.4) is 0 Å². The Morgan fingerprint density at radius 1 is 1.21 bits per heavy atom. The molecule has 29 heavy (non-hydrogen) atoms. The normalized spacial score (nSPS) is 23.7. The van der Waals surface area contributed by atoms with Crippen molar-refractivity contribution >= 4 is 33.4 Å². The Morgan fingerprint density at radius 3 is 2.41 bits per heavy atom. The largest absolute Gasteiger partial charge is 0.455 e. The molecule has 10 heteroatoms. The van der Waals surface area contributed by atoms with Crippen molar-refractivity contribution in [3.63, 3.8) is 0 Å². The van der Waals surface area contributed by atoms with E-state index in [1.165, 1.54) is 0 Å². The van der Waals surface area contributed by atoms with Gasteiger partial charge in [-0.15, -0.1) is 0 Å². The fourth-order valence-corrected chi connectivity index (χ4v) is 6.80. The lowest BCUT2D eigenvalue weighted by molar-refractivity contribution is 0.140. The molecule has 2 aliphatic heterocycles. The van der Waals surface area contributed by atoms with E-state index in [1.807, 2.05) is 0 Å². The minimum atomic E-state index is -4.31. The first-order valence-electron chi connectivity index (χ1n) is 9.08. The smallest absolute Gasteiger partial charge is 0.231 e. The van der Waals surface area contributed by atoms with Crippen LogP contribution in [0.2, 0.25) is 5.02 Å². The monoisotopic (exact) mass is 458 g/mol. The van der Waals surface area contributed by atoms with Crippen molar-refractivity contribution in [1.29, 1.82) is 0 Å². The summed E-state index contributed by atoms with van der Waals surface area (Å²) >= 11 is 6.83. The zero-order chi connectivity index (χ0) is 21.4. The van der Waals surface area contributed by atoms with Crippen LogP contribution < -0.4 is 15.2 Å². The molecule has 0 radical (unpaired) electrons. The number of halogens is 1. The highest BCUT2D eigenvalue weighted by Gasteiger charge is 2.59. The molecule has 1 aromatic carbocycles. The molecule has 0 spiro atoms. The van der Waals surface area contributed by atoms with Crippen LogP contribution in [-0.4, -0.2) is 34.9 Å². The van der Waals surface area contributed by atoms with Crippen LogP contribution in [0.15, 0.2) is 58.5 Å². The zero-order valence-corrected chi connectivity index (χ0v) is 18.3. The molecule has 2 heterocycles. The van der Waals surface area contributed by atoms with Crippen LogP contribution in [0.5, 0.6) is 5.75 Å². The van der Waals surface area contributed by atoms with Crippen molar-refractivity contribution in [2.75, 3.05) is 0 Å². The summed E-state index contributed by atoms with van der Waals surface area (Å²) in [5.74, 6) is 0.796. The number of hydrogen-bond donors (Lipinski definition) is 4. The molecule has 0 aliphatic carbocycles. The first-order valence-corrected chi connectivity index (χ1v) is 11.8. The van der Waals surface area contributed by atoms with E-state index in [2.05, 4.69) is 5.32 Å². The van der Waals surface area contributed by atoms with Gasteiger partial charge >= 0.3 is 0 Å². The van der Waals surface area contributed by atoms with Crippen LogP contribution in [0.25, 0.3) is 0 Å². The van der Waals surface area contributed by atoms with Gasteiger partial charge in [-0.05, 0) is 37.1 Å². The van der Waals surface area contributed by atoms with Crippen LogP contribution in [0.1, 0.15) is 26.7 Å². The molecule has 5 N–H and O–H groups in total. The van der Waals surface area contributed by atoms with Gasteiger partial charge in [0.25, 0.3) is 0 Å². The molecule has 1 aromatic rings. The minimum absolute atomic E-state index is 0.133. The quantitative estimate of drug-likeness (QED) is 0.495. The van der Waals surface area contributed by atoms with E-state index in [0.29, 0.717) is 27.0 Å². The summed E-state index contributed by atoms with van der Waals surface area (Å²) in [4.78, 5) is 0.514. The molecule has 0 bridgehead atoms. The first kappa shape index (κ1) is 22.2. The number of aliphatic hydroxyl groups is 2. The number of benzene rings is 1. The highest BCUT2D eigenvalue weighted by molar-refractivity contribution is 8.17. The number of nitrogens with two attached hydrogens (primary N) is 1. The average molecular weight is 459 g/mol. The lowest BCUT2D eigenvalue weighted by Gasteiger charge is -2.35. The zero-order valence-electron chi connectivity index (χ0n) is 15.9. The fourth-order valence-electron chi connectivity index (χ4n) is 3.43. The molecule has 0 aromatic heterocycles. The molecule has 2 aliphatic rings. The average Bonchev–Trinajstić information content (AvgIpc) is 3.06. The Morgan fingerprint density at radius 2 is 1.86 bits per heavy atom. The lowest BCUT2D eigenvalue weighted by Crippen LogP contribution is -2.52. The van der Waals surface area contributed by atoms with Gasteiger partial charge in [-0.1, -0.05) is 37.2 Å². The summed E-state index contributed by atoms with van der Waals surface area (Å²) in [6.07, 6.45) is 1.07. The van der Waals surface area contributed by atoms with Gasteiger partial charge < -0.3 is 20.3 Å². The van der Waals surface area contributed by atoms with E-state index in [9.17, 15) is 18.6 Å². The molecule has 7 nitrogen and oxygen atoms in total. The van der Waals surface area contributed by atoms with Gasteiger partial charge in [0.15, 0.2) is 9.84 Å². The maximum absolute atomic E-state index is 12.8. The van der Waals surface area contributed by atoms with Gasteiger partial charge in [-0.25, -0.2) is 13.6 Å². The van der Waals surface area contributed by atoms with Gasteiger partial charge in [-0.2, -0.15) is 0 Å². The minimum Gasteiger partial charge on any atom is -0.455 e. The first-order chi connectivity index (χ1) is 13.7. The van der Waals surface area contributed by atoms with Crippen molar-refractivity contribution in [2.24, 2.45) is 5.14 Å². The van der Waals surface area contributed by atoms with Crippen LogP contribution >= 0.6 is 23.4 Å². The number of thioether (sulfide) groups is 1. The number of primary sulfonamides is 1. The van der Waals surface area contributed by atoms with E-state index in [1.54, 1.807) is 50.5 Å². The highest BCUT2D eigenvalue weighted by Crippen LogP contribution is 2.58. The summed E-state index contributed by atoms with van der Waals surface area (Å²) < 4.78 is 29.6. The third kappa shape index (κ3) is 3.83. The van der Waals surface area contributed by atoms with E-state index >= 15 is 0 Å². The Kier molecular flexibility index (Phi) is 6.38. The third-order valence-corrected chi connectivity index (χ3v) is 8.71. The molecule has 0 amide bonds. The summed E-state index contributed by atoms with van der Waals surface area (Å²) in [5.41, 5.74) is 0.550.